The van der Waals surface area contributed by atoms with Gasteiger partial charge in [0.15, 0.2) is 0 Å². The summed E-state index contributed by atoms with van der Waals surface area (Å²) in [5.41, 5.74) is 0.0162. The Balaban J connectivity index is 0. The molecule has 0 heterocycles. The van der Waals surface area contributed by atoms with Crippen molar-refractivity contribution < 1.29 is 33.2 Å². The van der Waals surface area contributed by atoms with Crippen LogP contribution in [0.3, 0.4) is 0 Å². The van der Waals surface area contributed by atoms with Gasteiger partial charge in [-0.05, 0) is 0 Å². The minimum absolute atomic E-state index is 0.0162. The molecule has 0 unspecified atom stereocenters. The van der Waals surface area contributed by atoms with E-state index in [1.165, 1.54) is 25.0 Å². The van der Waals surface area contributed by atoms with E-state index in [0.717, 1.165) is 0 Å². The standard InChI is InChI=1S/C12H22O5.C9H16O2/c1-3-13-5-7-15-9-11-17-12-10-16-8-6-14-4-2;1-5-10-7-9(3,4)8-11-6-2/h3-4H,1-2,5-12H2;5-6H,1-2,7-8H2,3-4H3. The molecule has 0 aliphatic rings. The van der Waals surface area contributed by atoms with Crippen molar-refractivity contribution in [3.63, 3.8) is 0 Å². The zero-order valence-electron chi connectivity index (χ0n) is 17.6. The summed E-state index contributed by atoms with van der Waals surface area (Å²) in [5.74, 6) is 0. The van der Waals surface area contributed by atoms with Crippen LogP contribution in [0.4, 0.5) is 0 Å². The van der Waals surface area contributed by atoms with Crippen molar-refractivity contribution in [2.75, 3.05) is 66.1 Å². The molecule has 0 aliphatic carbocycles. The van der Waals surface area contributed by atoms with E-state index in [-0.39, 0.29) is 5.41 Å². The van der Waals surface area contributed by atoms with Crippen LogP contribution in [0.2, 0.25) is 0 Å². The highest BCUT2D eigenvalue weighted by Gasteiger charge is 2.18. The summed E-state index contributed by atoms with van der Waals surface area (Å²) in [6.07, 6.45) is 5.67. The van der Waals surface area contributed by atoms with Crippen molar-refractivity contribution >= 4 is 0 Å². The minimum atomic E-state index is 0.0162. The lowest BCUT2D eigenvalue weighted by Crippen LogP contribution is -2.23. The van der Waals surface area contributed by atoms with E-state index in [9.17, 15) is 0 Å². The highest BCUT2D eigenvalue weighted by atomic mass is 16.6. The molecule has 0 atom stereocenters. The second-order valence-corrected chi connectivity index (χ2v) is 6.03. The van der Waals surface area contributed by atoms with E-state index in [4.69, 9.17) is 33.2 Å². The molecule has 0 aromatic carbocycles. The third-order valence-corrected chi connectivity index (χ3v) is 2.85. The van der Waals surface area contributed by atoms with Gasteiger partial charge in [-0.1, -0.05) is 40.2 Å². The first kappa shape index (κ1) is 28.3. The van der Waals surface area contributed by atoms with Crippen LogP contribution in [0.1, 0.15) is 13.8 Å². The molecule has 0 rings (SSSR count). The Kier molecular flexibility index (Phi) is 23.3. The van der Waals surface area contributed by atoms with Crippen LogP contribution >= 0.6 is 0 Å². The van der Waals surface area contributed by atoms with Crippen LogP contribution in [0, 0.1) is 5.41 Å². The molecule has 0 radical (unpaired) electrons. The number of rotatable bonds is 20. The molecule has 0 aromatic rings. The van der Waals surface area contributed by atoms with Gasteiger partial charge in [-0.15, -0.1) is 0 Å². The fourth-order valence-corrected chi connectivity index (χ4v) is 1.53. The second-order valence-electron chi connectivity index (χ2n) is 6.03. The van der Waals surface area contributed by atoms with Gasteiger partial charge in [-0.2, -0.15) is 0 Å². The number of hydrogen-bond donors (Lipinski definition) is 0. The molecular formula is C21H38O7. The first-order valence-electron chi connectivity index (χ1n) is 9.17. The third kappa shape index (κ3) is 26.3. The fourth-order valence-electron chi connectivity index (χ4n) is 1.53. The Bertz CT molecular complexity index is 338. The third-order valence-electron chi connectivity index (χ3n) is 2.85. The topological polar surface area (TPSA) is 64.6 Å². The molecule has 0 aliphatic heterocycles. The van der Waals surface area contributed by atoms with Crippen molar-refractivity contribution in [2.24, 2.45) is 5.41 Å². The summed E-state index contributed by atoms with van der Waals surface area (Å²) in [4.78, 5) is 0. The molecule has 28 heavy (non-hydrogen) atoms. The molecule has 7 nitrogen and oxygen atoms in total. The van der Waals surface area contributed by atoms with Gasteiger partial charge in [-0.25, -0.2) is 0 Å². The molecule has 0 aromatic heterocycles. The van der Waals surface area contributed by atoms with Crippen molar-refractivity contribution in [1.29, 1.82) is 0 Å². The van der Waals surface area contributed by atoms with E-state index < -0.39 is 0 Å². The van der Waals surface area contributed by atoms with Crippen LogP contribution < -0.4 is 0 Å². The molecule has 164 valence electrons. The fraction of sp³-hybridized carbons (Fsp3) is 0.619. The van der Waals surface area contributed by atoms with E-state index in [1.807, 2.05) is 0 Å². The van der Waals surface area contributed by atoms with Gasteiger partial charge < -0.3 is 33.2 Å². The minimum Gasteiger partial charge on any atom is -0.501 e. The molecule has 0 spiro atoms. The molecule has 0 fully saturated rings. The zero-order valence-corrected chi connectivity index (χ0v) is 17.6. The summed E-state index contributed by atoms with van der Waals surface area (Å²) in [5, 5.41) is 0. The van der Waals surface area contributed by atoms with Gasteiger partial charge in [0.05, 0.1) is 77.9 Å². The lowest BCUT2D eigenvalue weighted by Gasteiger charge is -2.22. The quantitative estimate of drug-likeness (QED) is 0.227. The smallest absolute Gasteiger partial charge is 0.111 e. The van der Waals surface area contributed by atoms with Crippen molar-refractivity contribution in [3.8, 4) is 0 Å². The first-order valence-corrected chi connectivity index (χ1v) is 9.17. The number of hydrogen-bond acceptors (Lipinski definition) is 7. The Morgan fingerprint density at radius 1 is 0.500 bits per heavy atom. The molecule has 0 amide bonds. The van der Waals surface area contributed by atoms with Gasteiger partial charge in [0, 0.05) is 5.41 Å². The average Bonchev–Trinajstić information content (AvgIpc) is 2.69. The van der Waals surface area contributed by atoms with Gasteiger partial charge in [-0.3, -0.25) is 0 Å². The summed E-state index contributed by atoms with van der Waals surface area (Å²) in [7, 11) is 0. The van der Waals surface area contributed by atoms with Crippen LogP contribution in [0.15, 0.2) is 51.4 Å². The van der Waals surface area contributed by atoms with Crippen molar-refractivity contribution in [1.82, 2.24) is 0 Å². The first-order chi connectivity index (χ1) is 13.5. The van der Waals surface area contributed by atoms with Crippen molar-refractivity contribution in [2.45, 2.75) is 13.8 Å². The van der Waals surface area contributed by atoms with E-state index in [0.29, 0.717) is 66.1 Å². The zero-order chi connectivity index (χ0) is 21.3. The predicted molar refractivity (Wildman–Crippen MR) is 111 cm³/mol. The molecular weight excluding hydrogens is 364 g/mol. The highest BCUT2D eigenvalue weighted by Crippen LogP contribution is 2.15. The summed E-state index contributed by atoms with van der Waals surface area (Å²) in [6.45, 7) is 23.5. The van der Waals surface area contributed by atoms with Crippen LogP contribution in [-0.4, -0.2) is 66.1 Å². The van der Waals surface area contributed by atoms with Crippen LogP contribution in [0.5, 0.6) is 0 Å². The van der Waals surface area contributed by atoms with Gasteiger partial charge >= 0.3 is 0 Å². The van der Waals surface area contributed by atoms with E-state index in [1.54, 1.807) is 0 Å². The summed E-state index contributed by atoms with van der Waals surface area (Å²) < 4.78 is 35.6. The van der Waals surface area contributed by atoms with E-state index in [2.05, 4.69) is 40.2 Å². The molecule has 7 heteroatoms. The van der Waals surface area contributed by atoms with Crippen molar-refractivity contribution in [3.05, 3.63) is 51.4 Å². The molecule has 0 saturated carbocycles. The maximum Gasteiger partial charge on any atom is 0.111 e. The predicted octanol–water partition coefficient (Wildman–Crippen LogP) is 3.69. The number of ether oxygens (including phenoxy) is 7. The Hall–Kier alpha value is -1.96. The Labute approximate surface area is 170 Å². The molecule has 0 bridgehead atoms. The lowest BCUT2D eigenvalue weighted by molar-refractivity contribution is 0.000518. The van der Waals surface area contributed by atoms with Gasteiger partial charge in [0.1, 0.15) is 13.2 Å². The average molecular weight is 403 g/mol. The maximum atomic E-state index is 5.27. The maximum absolute atomic E-state index is 5.27. The van der Waals surface area contributed by atoms with Crippen LogP contribution in [0.25, 0.3) is 0 Å². The van der Waals surface area contributed by atoms with Gasteiger partial charge in [0.2, 0.25) is 0 Å². The SMILES string of the molecule is C=COCC(C)(C)COC=C.C=COCCOCCOCCOCCOC=C. The molecule has 0 N–H and O–H groups in total. The van der Waals surface area contributed by atoms with Gasteiger partial charge in [0.25, 0.3) is 0 Å². The summed E-state index contributed by atoms with van der Waals surface area (Å²) >= 11 is 0. The monoisotopic (exact) mass is 402 g/mol. The second kappa shape index (κ2) is 23.1. The van der Waals surface area contributed by atoms with E-state index >= 15 is 0 Å². The lowest BCUT2D eigenvalue weighted by atomic mass is 9.96. The largest absolute Gasteiger partial charge is 0.501 e. The highest BCUT2D eigenvalue weighted by molar-refractivity contribution is 4.69. The summed E-state index contributed by atoms with van der Waals surface area (Å²) in [6, 6.07) is 0. The molecule has 0 saturated heterocycles. The normalized spacial score (nSPS) is 10.1. The van der Waals surface area contributed by atoms with Crippen LogP contribution in [-0.2, 0) is 33.2 Å². The Morgan fingerprint density at radius 2 is 0.786 bits per heavy atom. The Morgan fingerprint density at radius 3 is 1.07 bits per heavy atom.